The molecule has 2 N–H and O–H groups in total. The maximum atomic E-state index is 12.4. The third-order valence-electron chi connectivity index (χ3n) is 2.32. The first-order chi connectivity index (χ1) is 8.56. The number of alkyl halides is 2. The Hall–Kier alpha value is -1.83. The number of aromatic amines is 2. The van der Waals surface area contributed by atoms with Crippen molar-refractivity contribution < 1.29 is 23.0 Å². The van der Waals surface area contributed by atoms with Gasteiger partial charge in [-0.3, -0.25) is 0 Å². The average Bonchev–Trinajstić information content (AvgIpc) is 2.68. The third-order valence-corrected chi connectivity index (χ3v) is 2.52. The molecule has 1 aromatic carbocycles. The van der Waals surface area contributed by atoms with E-state index in [4.69, 9.17) is 21.7 Å². The van der Waals surface area contributed by atoms with Crippen molar-refractivity contribution in [2.24, 2.45) is 0 Å². The van der Waals surface area contributed by atoms with Gasteiger partial charge in [0, 0.05) is 6.07 Å². The van der Waals surface area contributed by atoms with E-state index in [2.05, 4.69) is 14.7 Å². The predicted molar refractivity (Wildman–Crippen MR) is 63.2 cm³/mol. The number of fused-ring (bicyclic) bond motifs is 1. The Balaban J connectivity index is 2.76. The molecule has 0 bridgehead atoms. The summed E-state index contributed by atoms with van der Waals surface area (Å²) in [6, 6.07) is 1.58. The normalized spacial score (nSPS) is 10.9. The second-order valence-electron chi connectivity index (χ2n) is 3.32. The molecule has 0 atom stereocenters. The van der Waals surface area contributed by atoms with E-state index in [9.17, 15) is 8.78 Å². The summed E-state index contributed by atoms with van der Waals surface area (Å²) in [7, 11) is 2.74. The molecule has 0 fully saturated rings. The van der Waals surface area contributed by atoms with Crippen molar-refractivity contribution in [1.29, 1.82) is 0 Å². The molecule has 18 heavy (non-hydrogen) atoms. The minimum absolute atomic E-state index is 0.0792. The fraction of sp³-hybridized carbons (Fsp3) is 0.300. The molecule has 2 aromatic rings. The van der Waals surface area contributed by atoms with E-state index in [1.165, 1.54) is 14.2 Å². The number of aromatic nitrogens is 2. The standard InChI is InChI=1S/C10H10F2N2O3S/c1-15-5-3-4-6(14-10(18)13-4)8(7(5)16-2)17-9(11)12/h3,9H,1-2H3,(H2,13,14,18). The molecule has 0 saturated carbocycles. The van der Waals surface area contributed by atoms with Crippen molar-refractivity contribution in [3.63, 3.8) is 0 Å². The lowest BCUT2D eigenvalue weighted by atomic mass is 10.2. The molecule has 1 heterocycles. The molecule has 0 aliphatic heterocycles. The molecule has 0 radical (unpaired) electrons. The lowest BCUT2D eigenvalue weighted by molar-refractivity contribution is -0.0503. The second kappa shape index (κ2) is 4.81. The van der Waals surface area contributed by atoms with Crippen molar-refractivity contribution in [1.82, 2.24) is 9.97 Å². The van der Waals surface area contributed by atoms with Gasteiger partial charge in [0.05, 0.1) is 19.7 Å². The summed E-state index contributed by atoms with van der Waals surface area (Å²) in [6.07, 6.45) is 0. The van der Waals surface area contributed by atoms with Crippen LogP contribution in [0, 0.1) is 4.77 Å². The zero-order valence-electron chi connectivity index (χ0n) is 9.54. The molecule has 0 amide bonds. The third kappa shape index (κ3) is 2.10. The molecular formula is C10H10F2N2O3S. The summed E-state index contributed by atoms with van der Waals surface area (Å²) in [5.41, 5.74) is 0.797. The van der Waals surface area contributed by atoms with E-state index in [0.29, 0.717) is 15.8 Å². The topological polar surface area (TPSA) is 59.3 Å². The van der Waals surface area contributed by atoms with Crippen LogP contribution in [0.2, 0.25) is 0 Å². The Bertz CT molecular complexity index is 623. The highest BCUT2D eigenvalue weighted by molar-refractivity contribution is 7.71. The van der Waals surface area contributed by atoms with Crippen LogP contribution < -0.4 is 14.2 Å². The predicted octanol–water partition coefficient (Wildman–Crippen LogP) is 2.84. The van der Waals surface area contributed by atoms with Gasteiger partial charge in [-0.25, -0.2) is 0 Å². The average molecular weight is 276 g/mol. The zero-order valence-corrected chi connectivity index (χ0v) is 10.4. The van der Waals surface area contributed by atoms with E-state index in [0.717, 1.165) is 0 Å². The molecule has 0 aliphatic rings. The molecule has 1 aromatic heterocycles. The van der Waals surface area contributed by atoms with Gasteiger partial charge in [-0.15, -0.1) is 0 Å². The van der Waals surface area contributed by atoms with Crippen LogP contribution in [-0.4, -0.2) is 30.8 Å². The molecule has 0 unspecified atom stereocenters. The van der Waals surface area contributed by atoms with Crippen molar-refractivity contribution >= 4 is 23.3 Å². The highest BCUT2D eigenvalue weighted by atomic mass is 32.1. The number of hydrogen-bond acceptors (Lipinski definition) is 4. The van der Waals surface area contributed by atoms with E-state index in [1.807, 2.05) is 0 Å². The summed E-state index contributed by atoms with van der Waals surface area (Å²) >= 11 is 4.91. The lowest BCUT2D eigenvalue weighted by Gasteiger charge is -2.13. The number of imidazole rings is 1. The summed E-state index contributed by atoms with van der Waals surface area (Å²) in [5, 5.41) is 0. The van der Waals surface area contributed by atoms with E-state index >= 15 is 0 Å². The fourth-order valence-corrected chi connectivity index (χ4v) is 1.86. The van der Waals surface area contributed by atoms with Gasteiger partial charge < -0.3 is 24.2 Å². The molecule has 98 valence electrons. The first-order valence-electron chi connectivity index (χ1n) is 4.88. The van der Waals surface area contributed by atoms with Gasteiger partial charge in [0.1, 0.15) is 5.52 Å². The van der Waals surface area contributed by atoms with Crippen LogP contribution in [-0.2, 0) is 0 Å². The highest BCUT2D eigenvalue weighted by Crippen LogP contribution is 2.42. The number of benzene rings is 1. The molecule has 2 rings (SSSR count). The van der Waals surface area contributed by atoms with Gasteiger partial charge in [-0.05, 0) is 12.2 Å². The van der Waals surface area contributed by atoms with Gasteiger partial charge in [-0.1, -0.05) is 0 Å². The van der Waals surface area contributed by atoms with Crippen molar-refractivity contribution in [3.8, 4) is 17.2 Å². The maximum absolute atomic E-state index is 12.4. The van der Waals surface area contributed by atoms with Crippen LogP contribution in [0.5, 0.6) is 17.2 Å². The van der Waals surface area contributed by atoms with Gasteiger partial charge in [-0.2, -0.15) is 8.78 Å². The molecular weight excluding hydrogens is 266 g/mol. The van der Waals surface area contributed by atoms with Crippen LogP contribution in [0.3, 0.4) is 0 Å². The first-order valence-corrected chi connectivity index (χ1v) is 5.29. The Morgan fingerprint density at radius 1 is 1.17 bits per heavy atom. The molecule has 0 saturated heterocycles. The number of nitrogens with one attached hydrogen (secondary N) is 2. The van der Waals surface area contributed by atoms with Crippen LogP contribution in [0.25, 0.3) is 11.0 Å². The number of hydrogen-bond donors (Lipinski definition) is 2. The van der Waals surface area contributed by atoms with Crippen molar-refractivity contribution in [2.45, 2.75) is 6.61 Å². The fourth-order valence-electron chi connectivity index (χ4n) is 1.65. The Morgan fingerprint density at radius 3 is 2.44 bits per heavy atom. The van der Waals surface area contributed by atoms with Crippen molar-refractivity contribution in [3.05, 3.63) is 10.8 Å². The summed E-state index contributed by atoms with van der Waals surface area (Å²) in [4.78, 5) is 5.52. The quantitative estimate of drug-likeness (QED) is 0.843. The summed E-state index contributed by atoms with van der Waals surface area (Å²) in [6.45, 7) is -2.98. The smallest absolute Gasteiger partial charge is 0.387 e. The Morgan fingerprint density at radius 2 is 1.89 bits per heavy atom. The maximum Gasteiger partial charge on any atom is 0.387 e. The molecule has 5 nitrogen and oxygen atoms in total. The largest absolute Gasteiger partial charge is 0.493 e. The summed E-state index contributed by atoms with van der Waals surface area (Å²) in [5.74, 6) is 0.204. The number of rotatable bonds is 4. The van der Waals surface area contributed by atoms with Gasteiger partial charge in [0.15, 0.2) is 16.3 Å². The van der Waals surface area contributed by atoms with Crippen LogP contribution in [0.1, 0.15) is 0 Å². The van der Waals surface area contributed by atoms with E-state index in [1.54, 1.807) is 6.07 Å². The highest BCUT2D eigenvalue weighted by Gasteiger charge is 2.21. The van der Waals surface area contributed by atoms with Crippen molar-refractivity contribution in [2.75, 3.05) is 14.2 Å². The van der Waals surface area contributed by atoms with E-state index in [-0.39, 0.29) is 17.2 Å². The second-order valence-corrected chi connectivity index (χ2v) is 3.73. The van der Waals surface area contributed by atoms with Crippen LogP contribution >= 0.6 is 12.2 Å². The minimum Gasteiger partial charge on any atom is -0.493 e. The molecule has 0 aliphatic carbocycles. The van der Waals surface area contributed by atoms with Crippen LogP contribution in [0.4, 0.5) is 8.78 Å². The minimum atomic E-state index is -2.98. The lowest BCUT2D eigenvalue weighted by Crippen LogP contribution is -2.05. The van der Waals surface area contributed by atoms with Crippen LogP contribution in [0.15, 0.2) is 6.07 Å². The van der Waals surface area contributed by atoms with Gasteiger partial charge in [0.25, 0.3) is 0 Å². The van der Waals surface area contributed by atoms with Gasteiger partial charge >= 0.3 is 6.61 Å². The first kappa shape index (κ1) is 12.6. The summed E-state index contributed by atoms with van der Waals surface area (Å²) < 4.78 is 39.7. The number of halogens is 2. The number of ether oxygens (including phenoxy) is 3. The Kier molecular flexibility index (Phi) is 3.37. The molecule has 8 heteroatoms. The number of H-pyrrole nitrogens is 2. The number of methoxy groups -OCH3 is 2. The SMILES string of the molecule is COc1cc2[nH]c(=S)[nH]c2c(OC(F)F)c1OC. The Labute approximate surface area is 106 Å². The zero-order chi connectivity index (χ0) is 13.3. The van der Waals surface area contributed by atoms with E-state index < -0.39 is 6.61 Å². The molecule has 0 spiro atoms. The monoisotopic (exact) mass is 276 g/mol. The van der Waals surface area contributed by atoms with Gasteiger partial charge in [0.2, 0.25) is 5.75 Å².